The molecule has 0 atom stereocenters. The molecule has 1 aromatic heterocycles. The highest BCUT2D eigenvalue weighted by Crippen LogP contribution is 2.25. The molecule has 0 radical (unpaired) electrons. The van der Waals surface area contributed by atoms with Gasteiger partial charge in [0.05, 0.1) is 10.6 Å². The molecule has 9 nitrogen and oxygen atoms in total. The predicted molar refractivity (Wildman–Crippen MR) is 102 cm³/mol. The monoisotopic (exact) mass is 457 g/mol. The first-order chi connectivity index (χ1) is 12.5. The Hall–Kier alpha value is -2.24. The smallest absolute Gasteiger partial charge is 0.269 e. The number of carbonyl (C=O) groups is 2. The summed E-state index contributed by atoms with van der Waals surface area (Å²) in [6.45, 7) is 3.58. The lowest BCUT2D eigenvalue weighted by Gasteiger charge is -2.14. The number of carbonyl (C=O) groups excluding carboxylic acids is 2. The lowest BCUT2D eigenvalue weighted by molar-refractivity contribution is -0.122. The normalized spacial score (nSPS) is 11.5. The van der Waals surface area contributed by atoms with Crippen molar-refractivity contribution < 1.29 is 18.0 Å². The van der Waals surface area contributed by atoms with E-state index in [0.29, 0.717) is 4.47 Å². The van der Waals surface area contributed by atoms with Crippen molar-refractivity contribution in [1.29, 1.82) is 0 Å². The van der Waals surface area contributed by atoms with Gasteiger partial charge in [-0.15, -0.1) is 0 Å². The van der Waals surface area contributed by atoms with Gasteiger partial charge in [0.1, 0.15) is 6.54 Å². The van der Waals surface area contributed by atoms with Crippen molar-refractivity contribution in [3.05, 3.63) is 45.7 Å². The van der Waals surface area contributed by atoms with E-state index in [0.717, 1.165) is 15.7 Å². The van der Waals surface area contributed by atoms with E-state index in [2.05, 4.69) is 31.9 Å². The molecule has 0 bridgehead atoms. The summed E-state index contributed by atoms with van der Waals surface area (Å²) in [5.74, 6) is -1.10. The molecule has 0 spiro atoms. The summed E-state index contributed by atoms with van der Waals surface area (Å²) < 4.78 is 27.5. The van der Waals surface area contributed by atoms with Crippen molar-refractivity contribution in [3.8, 4) is 0 Å². The number of benzene rings is 1. The van der Waals surface area contributed by atoms with Crippen LogP contribution in [0.15, 0.2) is 33.6 Å². The number of aromatic nitrogens is 2. The van der Waals surface area contributed by atoms with E-state index in [-0.39, 0.29) is 17.0 Å². The van der Waals surface area contributed by atoms with Crippen molar-refractivity contribution >= 4 is 37.8 Å². The van der Waals surface area contributed by atoms with Crippen LogP contribution in [0.1, 0.15) is 21.7 Å². The fourth-order valence-corrected chi connectivity index (χ4v) is 4.09. The van der Waals surface area contributed by atoms with Crippen LogP contribution in [-0.4, -0.2) is 48.4 Å². The zero-order chi connectivity index (χ0) is 20.4. The molecule has 0 saturated heterocycles. The van der Waals surface area contributed by atoms with Gasteiger partial charge in [0.15, 0.2) is 0 Å². The number of nitrogens with zero attached hydrogens (tertiary/aromatic N) is 3. The van der Waals surface area contributed by atoms with Crippen molar-refractivity contribution in [3.63, 3.8) is 0 Å². The van der Waals surface area contributed by atoms with E-state index in [1.54, 1.807) is 0 Å². The van der Waals surface area contributed by atoms with Gasteiger partial charge >= 0.3 is 0 Å². The average Bonchev–Trinajstić information content (AvgIpc) is 2.89. The summed E-state index contributed by atoms with van der Waals surface area (Å²) in [5, 5.41) is 4.17. The summed E-state index contributed by atoms with van der Waals surface area (Å²) in [6, 6.07) is 5.98. The quantitative estimate of drug-likeness (QED) is 0.649. The third-order valence-corrected chi connectivity index (χ3v) is 6.47. The molecule has 146 valence electrons. The maximum atomic E-state index is 12.3. The number of hydrogen-bond acceptors (Lipinski definition) is 5. The van der Waals surface area contributed by atoms with Crippen molar-refractivity contribution in [2.75, 3.05) is 14.1 Å². The van der Waals surface area contributed by atoms with Crippen LogP contribution in [0.25, 0.3) is 0 Å². The Morgan fingerprint density at radius 3 is 2.41 bits per heavy atom. The second kappa shape index (κ2) is 8.19. The number of halogens is 1. The van der Waals surface area contributed by atoms with Crippen LogP contribution in [0.2, 0.25) is 0 Å². The number of aryl methyl sites for hydroxylation is 2. The fraction of sp³-hybridized carbons (Fsp3) is 0.312. The summed E-state index contributed by atoms with van der Waals surface area (Å²) in [4.78, 5) is 24.2. The maximum absolute atomic E-state index is 12.3. The number of hydrogen-bond donors (Lipinski definition) is 2. The number of rotatable bonds is 5. The molecule has 0 saturated carbocycles. The highest BCUT2D eigenvalue weighted by molar-refractivity contribution is 9.10. The topological polar surface area (TPSA) is 113 Å². The Labute approximate surface area is 165 Å². The molecule has 2 aromatic rings. The molecule has 0 fully saturated rings. The van der Waals surface area contributed by atoms with E-state index in [1.165, 1.54) is 37.0 Å². The van der Waals surface area contributed by atoms with Gasteiger partial charge in [-0.3, -0.25) is 25.1 Å². The molecule has 27 heavy (non-hydrogen) atoms. The lowest BCUT2D eigenvalue weighted by atomic mass is 10.2. The molecule has 2 N–H and O–H groups in total. The lowest BCUT2D eigenvalue weighted by Crippen LogP contribution is -2.43. The Balaban J connectivity index is 2.08. The first kappa shape index (κ1) is 21.1. The Morgan fingerprint density at radius 2 is 1.85 bits per heavy atom. The fourth-order valence-electron chi connectivity index (χ4n) is 2.25. The molecule has 0 aliphatic rings. The standard InChI is InChI=1S/C16H20BrN5O4S/c1-10-7-11(2)22(20-10)9-15(23)18-19-16(24)12-5-6-13(17)14(8-12)27(25,26)21(3)4/h5-8H,9H2,1-4H3,(H,18,23)(H,19,24). The van der Waals surface area contributed by atoms with E-state index >= 15 is 0 Å². The average molecular weight is 458 g/mol. The molecular formula is C16H20BrN5O4S. The maximum Gasteiger partial charge on any atom is 0.269 e. The Bertz CT molecular complexity index is 985. The van der Waals surface area contributed by atoms with E-state index < -0.39 is 21.8 Å². The van der Waals surface area contributed by atoms with Gasteiger partial charge in [-0.1, -0.05) is 0 Å². The van der Waals surface area contributed by atoms with Gasteiger partial charge in [-0.2, -0.15) is 5.10 Å². The van der Waals surface area contributed by atoms with Crippen LogP contribution < -0.4 is 10.9 Å². The third-order valence-electron chi connectivity index (χ3n) is 3.66. The highest BCUT2D eigenvalue weighted by Gasteiger charge is 2.22. The minimum Gasteiger partial charge on any atom is -0.271 e. The van der Waals surface area contributed by atoms with Crippen LogP contribution in [0, 0.1) is 13.8 Å². The third kappa shape index (κ3) is 4.93. The van der Waals surface area contributed by atoms with E-state index in [4.69, 9.17) is 0 Å². The molecule has 0 unspecified atom stereocenters. The van der Waals surface area contributed by atoms with Gasteiger partial charge < -0.3 is 0 Å². The zero-order valence-corrected chi connectivity index (χ0v) is 17.7. The largest absolute Gasteiger partial charge is 0.271 e. The molecular weight excluding hydrogens is 438 g/mol. The van der Waals surface area contributed by atoms with Crippen LogP contribution in [0.3, 0.4) is 0 Å². The molecule has 0 aliphatic carbocycles. The molecule has 0 aliphatic heterocycles. The van der Waals surface area contributed by atoms with E-state index in [1.807, 2.05) is 19.9 Å². The van der Waals surface area contributed by atoms with Crippen molar-refractivity contribution in [2.24, 2.45) is 0 Å². The number of sulfonamides is 1. The van der Waals surface area contributed by atoms with Crippen LogP contribution in [0.4, 0.5) is 0 Å². The number of nitrogens with one attached hydrogen (secondary N) is 2. The summed E-state index contributed by atoms with van der Waals surface area (Å²) in [7, 11) is -0.937. The van der Waals surface area contributed by atoms with Crippen molar-refractivity contribution in [2.45, 2.75) is 25.3 Å². The first-order valence-corrected chi connectivity index (χ1v) is 10.1. The molecule has 1 heterocycles. The summed E-state index contributed by atoms with van der Waals surface area (Å²) >= 11 is 3.17. The Morgan fingerprint density at radius 1 is 1.19 bits per heavy atom. The minimum absolute atomic E-state index is 0.0471. The van der Waals surface area contributed by atoms with Gasteiger partial charge in [-0.25, -0.2) is 12.7 Å². The Kier molecular flexibility index (Phi) is 6.39. The van der Waals surface area contributed by atoms with E-state index in [9.17, 15) is 18.0 Å². The second-order valence-corrected chi connectivity index (χ2v) is 8.99. The predicted octanol–water partition coefficient (Wildman–Crippen LogP) is 0.974. The highest BCUT2D eigenvalue weighted by atomic mass is 79.9. The number of hydrazine groups is 1. The number of amides is 2. The van der Waals surface area contributed by atoms with Gasteiger partial charge in [0.25, 0.3) is 11.8 Å². The second-order valence-electron chi connectivity index (χ2n) is 6.02. The minimum atomic E-state index is -3.73. The zero-order valence-electron chi connectivity index (χ0n) is 15.3. The van der Waals surface area contributed by atoms with Crippen LogP contribution >= 0.6 is 15.9 Å². The van der Waals surface area contributed by atoms with Crippen molar-refractivity contribution in [1.82, 2.24) is 24.9 Å². The molecule has 2 rings (SSSR count). The van der Waals surface area contributed by atoms with Gasteiger partial charge in [-0.05, 0) is 54.0 Å². The van der Waals surface area contributed by atoms with Crippen LogP contribution in [0.5, 0.6) is 0 Å². The van der Waals surface area contributed by atoms with Crippen LogP contribution in [-0.2, 0) is 21.4 Å². The summed E-state index contributed by atoms with van der Waals surface area (Å²) in [5.41, 5.74) is 6.25. The molecule has 2 amide bonds. The van der Waals surface area contributed by atoms with Gasteiger partial charge in [0, 0.05) is 29.8 Å². The molecule has 11 heteroatoms. The van der Waals surface area contributed by atoms with Gasteiger partial charge in [0.2, 0.25) is 10.0 Å². The SMILES string of the molecule is Cc1cc(C)n(CC(=O)NNC(=O)c2ccc(Br)c(S(=O)(=O)N(C)C)c2)n1. The molecule has 1 aromatic carbocycles. The first-order valence-electron chi connectivity index (χ1n) is 7.84. The summed E-state index contributed by atoms with van der Waals surface area (Å²) in [6.07, 6.45) is 0.